The number of nitrogens with zero attached hydrogens (tertiary/aromatic N) is 1. The number of esters is 1. The van der Waals surface area contributed by atoms with Crippen LogP contribution < -0.4 is 0 Å². The van der Waals surface area contributed by atoms with E-state index in [4.69, 9.17) is 16.3 Å². The van der Waals surface area contributed by atoms with Gasteiger partial charge in [0, 0.05) is 34.1 Å². The molecule has 0 aliphatic rings. The molecule has 0 amide bonds. The van der Waals surface area contributed by atoms with Crippen molar-refractivity contribution < 1.29 is 14.3 Å². The second-order valence-electron chi connectivity index (χ2n) is 6.34. The average Bonchev–Trinajstić information content (AvgIpc) is 2.91. The summed E-state index contributed by atoms with van der Waals surface area (Å²) in [6.07, 6.45) is 0. The van der Waals surface area contributed by atoms with E-state index < -0.39 is 0 Å². The molecule has 1 unspecified atom stereocenters. The highest BCUT2D eigenvalue weighted by molar-refractivity contribution is 6.31. The third-order valence-electron chi connectivity index (χ3n) is 4.44. The van der Waals surface area contributed by atoms with Crippen LogP contribution in [-0.4, -0.2) is 22.9 Å². The van der Waals surface area contributed by atoms with Crippen LogP contribution in [-0.2, 0) is 9.53 Å². The Morgan fingerprint density at radius 1 is 1.15 bits per heavy atom. The Hall–Kier alpha value is -2.59. The molecule has 0 radical (unpaired) electrons. The van der Waals surface area contributed by atoms with Gasteiger partial charge in [-0.1, -0.05) is 41.9 Å². The fourth-order valence-corrected chi connectivity index (χ4v) is 3.49. The fraction of sp³-hybridized carbons (Fsp3) is 0.238. The van der Waals surface area contributed by atoms with Gasteiger partial charge in [0.1, 0.15) is 6.61 Å². The molecule has 5 heteroatoms. The molecule has 0 fully saturated rings. The van der Waals surface area contributed by atoms with Gasteiger partial charge >= 0.3 is 5.97 Å². The zero-order chi connectivity index (χ0) is 18.8. The minimum atomic E-state index is -0.324. The summed E-state index contributed by atoms with van der Waals surface area (Å²) in [5.41, 5.74) is 2.98. The molecule has 0 bridgehead atoms. The van der Waals surface area contributed by atoms with E-state index in [-0.39, 0.29) is 24.4 Å². The lowest BCUT2D eigenvalue weighted by molar-refractivity contribution is -0.141. The van der Waals surface area contributed by atoms with Crippen molar-refractivity contribution in [2.45, 2.75) is 26.8 Å². The molecule has 0 aliphatic carbocycles. The summed E-state index contributed by atoms with van der Waals surface area (Å²) in [5, 5.41) is 1.38. The normalized spacial score (nSPS) is 12.2. The van der Waals surface area contributed by atoms with E-state index >= 15 is 0 Å². The van der Waals surface area contributed by atoms with E-state index in [1.165, 1.54) is 6.92 Å². The van der Waals surface area contributed by atoms with E-state index in [0.29, 0.717) is 16.1 Å². The quantitative estimate of drug-likeness (QED) is 0.472. The number of rotatable bonds is 5. The lowest BCUT2D eigenvalue weighted by atomic mass is 10.0. The monoisotopic (exact) mass is 369 g/mol. The van der Waals surface area contributed by atoms with E-state index in [9.17, 15) is 9.59 Å². The molecule has 0 saturated heterocycles. The van der Waals surface area contributed by atoms with Gasteiger partial charge in [-0.15, -0.1) is 0 Å². The predicted octanol–water partition coefficient (Wildman–Crippen LogP) is 4.96. The van der Waals surface area contributed by atoms with Crippen molar-refractivity contribution in [3.05, 3.63) is 70.4 Å². The number of ketones is 1. The van der Waals surface area contributed by atoms with Crippen molar-refractivity contribution in [1.82, 2.24) is 4.57 Å². The number of aromatic nitrogens is 1. The Morgan fingerprint density at radius 3 is 2.50 bits per heavy atom. The lowest BCUT2D eigenvalue weighted by Crippen LogP contribution is -2.16. The second-order valence-corrected chi connectivity index (χ2v) is 6.78. The van der Waals surface area contributed by atoms with Crippen molar-refractivity contribution in [3.63, 3.8) is 0 Å². The minimum Gasteiger partial charge on any atom is -0.464 e. The van der Waals surface area contributed by atoms with Crippen LogP contribution in [0.4, 0.5) is 0 Å². The second kappa shape index (κ2) is 7.34. The number of fused-ring (bicyclic) bond motifs is 1. The van der Waals surface area contributed by atoms with Gasteiger partial charge in [-0.25, -0.2) is 0 Å². The smallest absolute Gasteiger partial charge is 0.302 e. The first-order valence-corrected chi connectivity index (χ1v) is 8.81. The van der Waals surface area contributed by atoms with Gasteiger partial charge in [-0.2, -0.15) is 0 Å². The molecule has 4 nitrogen and oxygen atoms in total. The molecule has 134 valence electrons. The molecule has 0 N–H and O–H groups in total. The predicted molar refractivity (Wildman–Crippen MR) is 103 cm³/mol. The third kappa shape index (κ3) is 3.37. The van der Waals surface area contributed by atoms with Crippen LogP contribution in [0, 0.1) is 6.92 Å². The van der Waals surface area contributed by atoms with Crippen LogP contribution in [0.5, 0.6) is 0 Å². The summed E-state index contributed by atoms with van der Waals surface area (Å²) in [7, 11) is 0. The summed E-state index contributed by atoms with van der Waals surface area (Å²) in [6.45, 7) is 5.49. The standard InChI is InChI=1S/C21H20ClNO3/c1-13(12-26-15(3)24)23-14(2)20(18-11-17(22)9-10-19(18)23)21(25)16-7-5-4-6-8-16/h4-11,13H,12H2,1-3H3. The average molecular weight is 370 g/mol. The number of carbonyl (C=O) groups excluding carboxylic acids is 2. The molecule has 0 saturated carbocycles. The third-order valence-corrected chi connectivity index (χ3v) is 4.68. The number of hydrogen-bond acceptors (Lipinski definition) is 3. The summed E-state index contributed by atoms with van der Waals surface area (Å²) >= 11 is 6.20. The van der Waals surface area contributed by atoms with E-state index in [1.807, 2.05) is 48.7 Å². The van der Waals surface area contributed by atoms with Crippen molar-refractivity contribution in [2.75, 3.05) is 6.61 Å². The Labute approximate surface area is 157 Å². The van der Waals surface area contributed by atoms with Crippen LogP contribution in [0.2, 0.25) is 5.02 Å². The summed E-state index contributed by atoms with van der Waals surface area (Å²) in [5.74, 6) is -0.372. The number of ether oxygens (including phenoxy) is 1. The van der Waals surface area contributed by atoms with Gasteiger partial charge in [0.25, 0.3) is 0 Å². The SMILES string of the molecule is CC(=O)OCC(C)n1c(C)c(C(=O)c2ccccc2)c2cc(Cl)ccc21. The molecule has 0 spiro atoms. The molecule has 2 aromatic carbocycles. The molecule has 3 aromatic rings. The van der Waals surface area contributed by atoms with Crippen LogP contribution in [0.3, 0.4) is 0 Å². The first-order chi connectivity index (χ1) is 12.4. The first kappa shape index (κ1) is 18.2. The molecule has 0 aliphatic heterocycles. The number of benzene rings is 2. The summed E-state index contributed by atoms with van der Waals surface area (Å²) < 4.78 is 7.20. The number of hydrogen-bond donors (Lipinski definition) is 0. The van der Waals surface area contributed by atoms with Crippen LogP contribution >= 0.6 is 11.6 Å². The fourth-order valence-electron chi connectivity index (χ4n) is 3.32. The highest BCUT2D eigenvalue weighted by Gasteiger charge is 2.23. The van der Waals surface area contributed by atoms with Crippen molar-refractivity contribution in [3.8, 4) is 0 Å². The largest absolute Gasteiger partial charge is 0.464 e. The highest BCUT2D eigenvalue weighted by atomic mass is 35.5. The van der Waals surface area contributed by atoms with Gasteiger partial charge in [-0.05, 0) is 32.0 Å². The Bertz CT molecular complexity index is 976. The number of halogens is 1. The Balaban J connectivity index is 2.17. The minimum absolute atomic E-state index is 0.0474. The summed E-state index contributed by atoms with van der Waals surface area (Å²) in [6, 6.07) is 14.6. The van der Waals surface area contributed by atoms with E-state index in [1.54, 1.807) is 18.2 Å². The zero-order valence-electron chi connectivity index (χ0n) is 15.0. The van der Waals surface area contributed by atoms with Crippen molar-refractivity contribution in [2.24, 2.45) is 0 Å². The van der Waals surface area contributed by atoms with Gasteiger partial charge in [0.2, 0.25) is 0 Å². The van der Waals surface area contributed by atoms with E-state index in [2.05, 4.69) is 0 Å². The van der Waals surface area contributed by atoms with Gasteiger partial charge in [0.15, 0.2) is 5.78 Å². The highest BCUT2D eigenvalue weighted by Crippen LogP contribution is 2.32. The maximum atomic E-state index is 13.2. The molecule has 26 heavy (non-hydrogen) atoms. The molecule has 1 aromatic heterocycles. The van der Waals surface area contributed by atoms with Gasteiger partial charge in [0.05, 0.1) is 11.6 Å². The van der Waals surface area contributed by atoms with Gasteiger partial charge < -0.3 is 9.30 Å². The maximum Gasteiger partial charge on any atom is 0.302 e. The van der Waals surface area contributed by atoms with Crippen LogP contribution in [0.1, 0.15) is 41.5 Å². The molecule has 1 atom stereocenters. The van der Waals surface area contributed by atoms with Crippen molar-refractivity contribution in [1.29, 1.82) is 0 Å². The van der Waals surface area contributed by atoms with Crippen LogP contribution in [0.25, 0.3) is 10.9 Å². The van der Waals surface area contributed by atoms with Gasteiger partial charge in [-0.3, -0.25) is 9.59 Å². The molecule has 1 heterocycles. The Morgan fingerprint density at radius 2 is 1.85 bits per heavy atom. The maximum absolute atomic E-state index is 13.2. The zero-order valence-corrected chi connectivity index (χ0v) is 15.7. The molecular weight excluding hydrogens is 350 g/mol. The molecule has 3 rings (SSSR count). The van der Waals surface area contributed by atoms with Crippen LogP contribution in [0.15, 0.2) is 48.5 Å². The first-order valence-electron chi connectivity index (χ1n) is 8.43. The van der Waals surface area contributed by atoms with Crippen molar-refractivity contribution >= 4 is 34.3 Å². The summed E-state index contributed by atoms with van der Waals surface area (Å²) in [4.78, 5) is 24.3. The number of carbonyl (C=O) groups is 2. The van der Waals surface area contributed by atoms with E-state index in [0.717, 1.165) is 16.6 Å². The topological polar surface area (TPSA) is 48.3 Å². The molecular formula is C21H20ClNO3. The lowest BCUT2D eigenvalue weighted by Gasteiger charge is -2.17. The Kier molecular flexibility index (Phi) is 5.14.